The Labute approximate surface area is 212 Å². The molecular weight excluding hydrogens is 455 g/mol. The number of hydrogen-bond acceptors (Lipinski definition) is 4. The first-order valence-corrected chi connectivity index (χ1v) is 13.5. The van der Waals surface area contributed by atoms with E-state index in [1.165, 1.54) is 44.6 Å². The summed E-state index contributed by atoms with van der Waals surface area (Å²) in [6, 6.07) is 12.9. The third-order valence-electron chi connectivity index (χ3n) is 8.70. The maximum absolute atomic E-state index is 13.4. The van der Waals surface area contributed by atoms with Crippen molar-refractivity contribution in [3.8, 4) is 0 Å². The number of rotatable bonds is 6. The third-order valence-corrected chi connectivity index (χ3v) is 8.70. The molecule has 36 heavy (non-hydrogen) atoms. The van der Waals surface area contributed by atoms with Crippen LogP contribution < -0.4 is 5.76 Å². The van der Waals surface area contributed by atoms with Gasteiger partial charge in [0.05, 0.1) is 5.52 Å². The number of ketones is 1. The topological polar surface area (TPSA) is 55.5 Å². The van der Waals surface area contributed by atoms with Crippen molar-refractivity contribution in [3.63, 3.8) is 0 Å². The first-order chi connectivity index (χ1) is 17.4. The fourth-order valence-electron chi connectivity index (χ4n) is 6.52. The SMILES string of the molecule is CC(=O)c1ccc2c(c1)oc(=O)n2CC1CCCC(N2CCCC(C(C)c3ccc(F)cc3)CC2)C1. The van der Waals surface area contributed by atoms with Gasteiger partial charge in [0.1, 0.15) is 5.82 Å². The van der Waals surface area contributed by atoms with Crippen LogP contribution in [-0.2, 0) is 6.54 Å². The Balaban J connectivity index is 1.22. The van der Waals surface area contributed by atoms with Crippen LogP contribution in [0.15, 0.2) is 51.7 Å². The highest BCUT2D eigenvalue weighted by atomic mass is 19.1. The Morgan fingerprint density at radius 1 is 1.06 bits per heavy atom. The fourth-order valence-corrected chi connectivity index (χ4v) is 6.52. The summed E-state index contributed by atoms with van der Waals surface area (Å²) in [5.41, 5.74) is 3.07. The van der Waals surface area contributed by atoms with E-state index in [4.69, 9.17) is 4.42 Å². The van der Waals surface area contributed by atoms with Crippen LogP contribution in [-0.4, -0.2) is 34.4 Å². The van der Waals surface area contributed by atoms with E-state index < -0.39 is 0 Å². The predicted molar refractivity (Wildman–Crippen MR) is 140 cm³/mol. The molecule has 1 saturated carbocycles. The zero-order valence-corrected chi connectivity index (χ0v) is 21.4. The van der Waals surface area contributed by atoms with E-state index in [9.17, 15) is 14.0 Å². The zero-order chi connectivity index (χ0) is 25.2. The maximum Gasteiger partial charge on any atom is 0.419 e. The summed E-state index contributed by atoms with van der Waals surface area (Å²) < 4.78 is 20.6. The molecule has 1 aliphatic heterocycles. The van der Waals surface area contributed by atoms with Crippen LogP contribution in [0.5, 0.6) is 0 Å². The lowest BCUT2D eigenvalue weighted by molar-refractivity contribution is 0.101. The van der Waals surface area contributed by atoms with Gasteiger partial charge in [0.2, 0.25) is 0 Å². The highest BCUT2D eigenvalue weighted by Crippen LogP contribution is 2.35. The van der Waals surface area contributed by atoms with Gasteiger partial charge in [0.15, 0.2) is 11.4 Å². The number of likely N-dealkylation sites (tertiary alicyclic amines) is 1. The molecule has 4 unspecified atom stereocenters. The van der Waals surface area contributed by atoms with E-state index in [2.05, 4.69) is 11.8 Å². The second-order valence-corrected chi connectivity index (χ2v) is 11.0. The Hall–Kier alpha value is -2.73. The van der Waals surface area contributed by atoms with Crippen LogP contribution in [0.4, 0.5) is 4.39 Å². The summed E-state index contributed by atoms with van der Waals surface area (Å²) in [6.07, 6.45) is 8.20. The molecule has 2 aromatic carbocycles. The Morgan fingerprint density at radius 3 is 2.64 bits per heavy atom. The van der Waals surface area contributed by atoms with E-state index in [0.717, 1.165) is 31.4 Å². The van der Waals surface area contributed by atoms with Crippen LogP contribution in [0.25, 0.3) is 11.1 Å². The Kier molecular flexibility index (Phi) is 7.42. The zero-order valence-electron chi connectivity index (χ0n) is 21.4. The van der Waals surface area contributed by atoms with Gasteiger partial charge in [-0.25, -0.2) is 9.18 Å². The lowest BCUT2D eigenvalue weighted by Crippen LogP contribution is -2.40. The highest BCUT2D eigenvalue weighted by Gasteiger charge is 2.31. The molecule has 6 heteroatoms. The van der Waals surface area contributed by atoms with E-state index in [-0.39, 0.29) is 17.4 Å². The predicted octanol–water partition coefficient (Wildman–Crippen LogP) is 6.40. The molecule has 1 aliphatic carbocycles. The van der Waals surface area contributed by atoms with Gasteiger partial charge < -0.3 is 9.32 Å². The van der Waals surface area contributed by atoms with E-state index in [1.807, 2.05) is 18.2 Å². The fraction of sp³-hybridized carbons (Fsp3) is 0.533. The first kappa shape index (κ1) is 24.9. The second kappa shape index (κ2) is 10.7. The molecule has 192 valence electrons. The first-order valence-electron chi connectivity index (χ1n) is 13.5. The van der Waals surface area contributed by atoms with Gasteiger partial charge in [-0.2, -0.15) is 0 Å². The molecule has 3 aromatic rings. The second-order valence-electron chi connectivity index (χ2n) is 11.0. The molecule has 2 aliphatic rings. The van der Waals surface area contributed by atoms with E-state index in [0.29, 0.717) is 41.5 Å². The number of Topliss-reactive ketones (excluding diaryl/α,β-unsaturated/α-hetero) is 1. The van der Waals surface area contributed by atoms with Crippen LogP contribution in [0.1, 0.15) is 80.6 Å². The molecule has 1 aromatic heterocycles. The molecule has 2 fully saturated rings. The summed E-state index contributed by atoms with van der Waals surface area (Å²) in [7, 11) is 0. The molecule has 0 amide bonds. The van der Waals surface area contributed by atoms with Gasteiger partial charge in [0, 0.05) is 18.2 Å². The van der Waals surface area contributed by atoms with Gasteiger partial charge in [0.25, 0.3) is 0 Å². The van der Waals surface area contributed by atoms with E-state index >= 15 is 0 Å². The number of fused-ring (bicyclic) bond motifs is 1. The Morgan fingerprint density at radius 2 is 1.86 bits per heavy atom. The number of carbonyl (C=O) groups is 1. The molecule has 4 atom stereocenters. The molecule has 1 saturated heterocycles. The van der Waals surface area contributed by atoms with Gasteiger partial charge in [-0.3, -0.25) is 9.36 Å². The smallest absolute Gasteiger partial charge is 0.408 e. The number of carbonyl (C=O) groups excluding carboxylic acids is 1. The van der Waals surface area contributed by atoms with E-state index in [1.54, 1.807) is 28.8 Å². The summed E-state index contributed by atoms with van der Waals surface area (Å²) >= 11 is 0. The van der Waals surface area contributed by atoms with Crippen LogP contribution in [0.2, 0.25) is 0 Å². The van der Waals surface area contributed by atoms with Crippen molar-refractivity contribution in [2.45, 2.75) is 77.3 Å². The van der Waals surface area contributed by atoms with Crippen molar-refractivity contribution in [1.82, 2.24) is 9.47 Å². The van der Waals surface area contributed by atoms with Gasteiger partial charge >= 0.3 is 5.76 Å². The van der Waals surface area contributed by atoms with Crippen molar-refractivity contribution in [2.24, 2.45) is 11.8 Å². The minimum atomic E-state index is -0.333. The number of benzene rings is 2. The maximum atomic E-state index is 13.4. The van der Waals surface area contributed by atoms with Crippen molar-refractivity contribution in [2.75, 3.05) is 13.1 Å². The average Bonchev–Trinajstić information content (AvgIpc) is 3.03. The number of aromatic nitrogens is 1. The average molecular weight is 493 g/mol. The van der Waals surface area contributed by atoms with Gasteiger partial charge in [-0.1, -0.05) is 25.5 Å². The van der Waals surface area contributed by atoms with Crippen molar-refractivity contribution < 1.29 is 13.6 Å². The van der Waals surface area contributed by atoms with Crippen molar-refractivity contribution >= 4 is 16.9 Å². The summed E-state index contributed by atoms with van der Waals surface area (Å²) in [5, 5.41) is 0. The number of oxazole rings is 1. The lowest BCUT2D eigenvalue weighted by Gasteiger charge is -2.37. The third kappa shape index (κ3) is 5.34. The van der Waals surface area contributed by atoms with Gasteiger partial charge in [-0.05, 0) is 112 Å². The summed E-state index contributed by atoms with van der Waals surface area (Å²) in [6.45, 7) is 6.71. The number of hydrogen-bond donors (Lipinski definition) is 0. The van der Waals surface area contributed by atoms with Crippen LogP contribution in [0.3, 0.4) is 0 Å². The molecule has 0 bridgehead atoms. The van der Waals surface area contributed by atoms with Gasteiger partial charge in [-0.15, -0.1) is 0 Å². The normalized spacial score (nSPS) is 24.5. The largest absolute Gasteiger partial charge is 0.419 e. The monoisotopic (exact) mass is 492 g/mol. The summed E-state index contributed by atoms with van der Waals surface area (Å²) in [4.78, 5) is 27.0. The highest BCUT2D eigenvalue weighted by molar-refractivity contribution is 5.96. The minimum absolute atomic E-state index is 0.0332. The summed E-state index contributed by atoms with van der Waals surface area (Å²) in [5.74, 6) is 0.961. The Bertz CT molecular complexity index is 1260. The minimum Gasteiger partial charge on any atom is -0.408 e. The molecule has 0 N–H and O–H groups in total. The van der Waals surface area contributed by atoms with Crippen LogP contribution >= 0.6 is 0 Å². The lowest BCUT2D eigenvalue weighted by atomic mass is 9.83. The quantitative estimate of drug-likeness (QED) is 0.374. The van der Waals surface area contributed by atoms with Crippen LogP contribution in [0, 0.1) is 17.7 Å². The van der Waals surface area contributed by atoms with Crippen molar-refractivity contribution in [3.05, 3.63) is 70.0 Å². The number of nitrogens with zero attached hydrogens (tertiary/aromatic N) is 2. The number of halogens is 1. The molecule has 2 heterocycles. The standard InChI is InChI=1S/C30H37FN2O3/c1-20(24-8-11-26(31)12-9-24)23-6-4-15-32(16-14-23)27-7-3-5-22(17-27)19-33-28-13-10-25(21(2)34)18-29(28)36-30(33)35/h8-13,18,20,22-23,27H,3-7,14-17,19H2,1-2H3. The molecule has 0 radical (unpaired) electrons. The van der Waals surface area contributed by atoms with Crippen molar-refractivity contribution in [1.29, 1.82) is 0 Å². The molecule has 5 rings (SSSR count). The molecule has 5 nitrogen and oxygen atoms in total. The molecular formula is C30H37FN2O3. The molecule has 0 spiro atoms.